The van der Waals surface area contributed by atoms with E-state index in [2.05, 4.69) is 102 Å². The lowest BCUT2D eigenvalue weighted by Gasteiger charge is -2.34. The lowest BCUT2D eigenvalue weighted by molar-refractivity contribution is -0.149. The average Bonchev–Trinajstić information content (AvgIpc) is 1.67. The Morgan fingerprint density at radius 1 is 0.495 bits per heavy atom. The van der Waals surface area contributed by atoms with Gasteiger partial charge in [0.1, 0.15) is 46.9 Å². The zero-order chi connectivity index (χ0) is 68.1. The van der Waals surface area contributed by atoms with Crippen molar-refractivity contribution in [1.82, 2.24) is 69.3 Å². The highest BCUT2D eigenvalue weighted by molar-refractivity contribution is 5.95. The minimum Gasteiger partial charge on any atom is -0.494 e. The summed E-state index contributed by atoms with van der Waals surface area (Å²) in [7, 11) is 6.09. The number of hydrogen-bond acceptors (Lipinski definition) is 15. The SMILES string of the molecule is CN1CCN(c2ccc3nc(-c4ccc5nc(-c6cccc(OCCCC(=O)N(C)CCCCN(CC(N)=O)C(=O)[C@@H]7CCCN7C(=O)[C@@H]7CCCN7C(=O)CCCOc7cccc(-c8nc9ccc(-c%10nc%11ccc(N%12CCN(C)CC%12)cc%11[nH]%10)cc9[nH]8)c7)c6)[nH]c5c4)[nH]c3c2)CC1. The fourth-order valence-electron chi connectivity index (χ4n) is 14.2. The number of nitrogens with zero attached hydrogens (tertiary/aromatic N) is 12. The number of piperazine rings is 2. The molecule has 4 aromatic heterocycles. The van der Waals surface area contributed by atoms with Crippen LogP contribution in [-0.4, -0.2) is 230 Å². The summed E-state index contributed by atoms with van der Waals surface area (Å²) in [4.78, 5) is 118. The van der Waals surface area contributed by atoms with Crippen molar-refractivity contribution in [3.63, 3.8) is 0 Å². The molecule has 24 nitrogen and oxygen atoms in total. The highest BCUT2D eigenvalue weighted by atomic mass is 16.5. The Morgan fingerprint density at radius 2 is 0.939 bits per heavy atom. The van der Waals surface area contributed by atoms with E-state index in [0.29, 0.717) is 101 Å². The topological polar surface area (TPSA) is 270 Å². The molecule has 0 bridgehead atoms. The Kier molecular flexibility index (Phi) is 19.6. The third-order valence-corrected chi connectivity index (χ3v) is 19.9. The summed E-state index contributed by atoms with van der Waals surface area (Å²) in [5.41, 5.74) is 19.0. The standard InChI is InChI=1S/C75H87N17O7/c1-85-32-36-88(37-33-85)53-22-26-59-63(46-53)83-72(79-59)51-20-24-57-61(44-51)81-70(77-57)49-12-6-14-55(42-49)98-40-10-18-68(94)87(3)28-4-5-29-90(48-67(76)93)74(96)65-16-9-31-92(65)75(97)66-17-8-30-91(66)69(95)19-11-41-99-56-15-7-13-50(43-56)71-78-58-25-21-52(45-62(58)82-71)73-80-60-27-23-54(47-64(60)84-73)89-38-34-86(2)35-39-89/h6-7,12-15,20-27,42-47,65-66H,4-5,8-11,16-19,28-41,48H2,1-3H3,(H2,76,93)(H,77,81)(H,78,82)(H,79,83)(H,80,84)/t65-,66-/m0/s1. The van der Waals surface area contributed by atoms with Crippen LogP contribution >= 0.6 is 0 Å². The van der Waals surface area contributed by atoms with Crippen LogP contribution in [0, 0.1) is 0 Å². The molecule has 4 saturated heterocycles. The van der Waals surface area contributed by atoms with Gasteiger partial charge in [-0.2, -0.15) is 0 Å². The smallest absolute Gasteiger partial charge is 0.246 e. The monoisotopic (exact) mass is 1340 g/mol. The van der Waals surface area contributed by atoms with Gasteiger partial charge >= 0.3 is 0 Å². The number of nitrogens with two attached hydrogens (primary N) is 1. The first kappa shape index (κ1) is 65.9. The molecule has 4 aliphatic heterocycles. The normalized spacial score (nSPS) is 17.0. The number of likely N-dealkylation sites (N-methyl/N-ethyl adjacent to an activating group) is 2. The lowest BCUT2D eigenvalue weighted by atomic mass is 10.1. The molecule has 0 saturated carbocycles. The number of imidazole rings is 4. The van der Waals surface area contributed by atoms with Gasteiger partial charge in [0.15, 0.2) is 0 Å². The van der Waals surface area contributed by atoms with Crippen molar-refractivity contribution in [1.29, 1.82) is 0 Å². The second kappa shape index (κ2) is 29.4. The van der Waals surface area contributed by atoms with E-state index in [4.69, 9.17) is 35.1 Å². The summed E-state index contributed by atoms with van der Waals surface area (Å²) in [6, 6.07) is 39.1. The number of carbonyl (C=O) groups is 5. The number of carbonyl (C=O) groups excluding carboxylic acids is 5. The minimum absolute atomic E-state index is 0.0301. The van der Waals surface area contributed by atoms with Crippen LogP contribution < -0.4 is 25.0 Å². The van der Waals surface area contributed by atoms with Gasteiger partial charge in [-0.25, -0.2) is 19.9 Å². The summed E-state index contributed by atoms with van der Waals surface area (Å²) in [5.74, 6) is 2.91. The number of amides is 5. The maximum atomic E-state index is 14.4. The van der Waals surface area contributed by atoms with Crippen LogP contribution in [0.3, 0.4) is 0 Å². The van der Waals surface area contributed by atoms with Gasteiger partial charge in [-0.1, -0.05) is 24.3 Å². The number of aromatic nitrogens is 8. The zero-order valence-corrected chi connectivity index (χ0v) is 56.7. The third-order valence-electron chi connectivity index (χ3n) is 19.9. The number of likely N-dealkylation sites (tertiary alicyclic amines) is 2. The number of hydrogen-bond donors (Lipinski definition) is 5. The molecule has 0 radical (unpaired) electrons. The number of H-pyrrole nitrogens is 4. The molecule has 2 atom stereocenters. The number of ether oxygens (including phenoxy) is 2. The number of benzene rings is 6. The van der Waals surface area contributed by atoms with Crippen LogP contribution in [0.5, 0.6) is 11.5 Å². The van der Waals surface area contributed by atoms with E-state index in [1.54, 1.807) is 21.7 Å². The van der Waals surface area contributed by atoms with Gasteiger partial charge in [0.2, 0.25) is 29.5 Å². The van der Waals surface area contributed by atoms with Crippen LogP contribution in [0.4, 0.5) is 11.4 Å². The average molecular weight is 1340 g/mol. The first-order valence-corrected chi connectivity index (χ1v) is 34.9. The highest BCUT2D eigenvalue weighted by Crippen LogP contribution is 2.34. The molecule has 0 spiro atoms. The largest absolute Gasteiger partial charge is 0.494 e. The number of anilines is 2. The molecular weight excluding hydrogens is 1250 g/mol. The quantitative estimate of drug-likeness (QED) is 0.0334. The van der Waals surface area contributed by atoms with Crippen molar-refractivity contribution in [2.24, 2.45) is 5.73 Å². The summed E-state index contributed by atoms with van der Waals surface area (Å²) in [6.07, 6.45) is 4.74. The first-order chi connectivity index (χ1) is 48.2. The zero-order valence-electron chi connectivity index (χ0n) is 56.7. The maximum Gasteiger partial charge on any atom is 0.246 e. The summed E-state index contributed by atoms with van der Waals surface area (Å²) < 4.78 is 12.3. The van der Waals surface area contributed by atoms with Crippen LogP contribution in [-0.2, 0) is 24.0 Å². The Morgan fingerprint density at radius 3 is 1.44 bits per heavy atom. The van der Waals surface area contributed by atoms with Gasteiger partial charge in [-0.15, -0.1) is 0 Å². The highest BCUT2D eigenvalue weighted by Gasteiger charge is 2.43. The molecule has 24 heteroatoms. The molecule has 6 aromatic carbocycles. The van der Waals surface area contributed by atoms with Crippen molar-refractivity contribution < 1.29 is 33.4 Å². The first-order valence-electron chi connectivity index (χ1n) is 34.9. The fourth-order valence-corrected chi connectivity index (χ4v) is 14.2. The Hall–Kier alpha value is -10.3. The van der Waals surface area contributed by atoms with Crippen LogP contribution in [0.1, 0.15) is 64.2 Å². The van der Waals surface area contributed by atoms with Crippen molar-refractivity contribution in [3.05, 3.63) is 121 Å². The number of aromatic amines is 4. The van der Waals surface area contributed by atoms with E-state index in [-0.39, 0.29) is 56.2 Å². The molecule has 6 N–H and O–H groups in total. The Bertz CT molecular complexity index is 4580. The van der Waals surface area contributed by atoms with Gasteiger partial charge in [-0.05, 0) is 163 Å². The third kappa shape index (κ3) is 15.1. The van der Waals surface area contributed by atoms with Gasteiger partial charge in [0, 0.05) is 132 Å². The molecule has 8 heterocycles. The van der Waals surface area contributed by atoms with Gasteiger partial charge in [0.05, 0.1) is 63.9 Å². The molecule has 0 unspecified atom stereocenters. The van der Waals surface area contributed by atoms with Crippen LogP contribution in [0.25, 0.3) is 89.7 Å². The van der Waals surface area contributed by atoms with Crippen molar-refractivity contribution >= 4 is 85.0 Å². The number of fused-ring (bicyclic) bond motifs is 4. The number of rotatable bonds is 25. The molecule has 5 amide bonds. The van der Waals surface area contributed by atoms with Crippen molar-refractivity contribution in [2.45, 2.75) is 76.3 Å². The number of primary amides is 1. The van der Waals surface area contributed by atoms with Gasteiger partial charge in [0.25, 0.3) is 0 Å². The van der Waals surface area contributed by atoms with E-state index >= 15 is 0 Å². The van der Waals surface area contributed by atoms with E-state index < -0.39 is 18.0 Å². The second-order valence-corrected chi connectivity index (χ2v) is 26.9. The Labute approximate surface area is 574 Å². The molecular formula is C75H87N17O7. The van der Waals surface area contributed by atoms with Gasteiger partial charge in [-0.3, -0.25) is 24.0 Å². The number of nitrogens with one attached hydrogen (secondary N) is 4. The summed E-state index contributed by atoms with van der Waals surface area (Å²) >= 11 is 0. The fraction of sp³-hybridized carbons (Fsp3) is 0.400. The predicted octanol–water partition coefficient (Wildman–Crippen LogP) is 8.92. The van der Waals surface area contributed by atoms with E-state index in [1.165, 1.54) is 16.3 Å². The molecule has 14 rings (SSSR count). The van der Waals surface area contributed by atoms with E-state index in [0.717, 1.165) is 130 Å². The van der Waals surface area contributed by atoms with Gasteiger partial charge < -0.3 is 74.3 Å². The van der Waals surface area contributed by atoms with E-state index in [9.17, 15) is 24.0 Å². The lowest BCUT2D eigenvalue weighted by Crippen LogP contribution is -2.54. The van der Waals surface area contributed by atoms with Crippen molar-refractivity contribution in [3.8, 4) is 57.1 Å². The maximum absolute atomic E-state index is 14.4. The van der Waals surface area contributed by atoms with E-state index in [1.807, 2.05) is 72.8 Å². The molecule has 514 valence electrons. The molecule has 0 aliphatic carbocycles. The molecule has 99 heavy (non-hydrogen) atoms. The molecule has 4 fully saturated rings. The second-order valence-electron chi connectivity index (χ2n) is 26.9. The Balaban J connectivity index is 0.506. The van der Waals surface area contributed by atoms with Crippen LogP contribution in [0.15, 0.2) is 121 Å². The van der Waals surface area contributed by atoms with Crippen LogP contribution in [0.2, 0.25) is 0 Å². The molecule has 10 aromatic rings. The summed E-state index contributed by atoms with van der Waals surface area (Å²) in [5, 5.41) is 0. The number of unbranched alkanes of at least 4 members (excludes halogenated alkanes) is 1. The minimum atomic E-state index is -0.774. The summed E-state index contributed by atoms with van der Waals surface area (Å²) in [6.45, 7) is 10.0. The predicted molar refractivity (Wildman–Crippen MR) is 384 cm³/mol. The van der Waals surface area contributed by atoms with Crippen molar-refractivity contribution in [2.75, 3.05) is 129 Å². The molecule has 4 aliphatic rings.